The van der Waals surface area contributed by atoms with Crippen LogP contribution < -0.4 is 0 Å². The van der Waals surface area contributed by atoms with Crippen LogP contribution in [0.2, 0.25) is 0 Å². The van der Waals surface area contributed by atoms with E-state index in [4.69, 9.17) is 0 Å². The average molecular weight is 149 g/mol. The number of hydrogen-bond donors (Lipinski definition) is 1. The first-order valence-corrected chi connectivity index (χ1v) is 3.65. The third-order valence-electron chi connectivity index (χ3n) is 1.67. The molecule has 0 heterocycles. The van der Waals surface area contributed by atoms with Gasteiger partial charge in [-0.05, 0) is 26.3 Å². The second kappa shape index (κ2) is 2.67. The molecule has 0 aromatic heterocycles. The topological polar surface area (TPSA) is 20.2 Å². The highest BCUT2D eigenvalue weighted by atomic mass is 16.3. The number of hydrogen-bond acceptors (Lipinski definition) is 1. The zero-order valence-electron chi connectivity index (χ0n) is 6.96. The highest BCUT2D eigenvalue weighted by Crippen LogP contribution is 2.18. The number of aryl methyl sites for hydroxylation is 1. The van der Waals surface area contributed by atoms with E-state index in [1.807, 2.05) is 31.2 Å². The van der Waals surface area contributed by atoms with Crippen molar-refractivity contribution in [3.8, 4) is 0 Å². The Morgan fingerprint density at radius 2 is 1.73 bits per heavy atom. The Labute approximate surface area is 67.7 Å². The fraction of sp³-hybridized carbons (Fsp3) is 0.300. The van der Waals surface area contributed by atoms with Crippen molar-refractivity contribution in [2.75, 3.05) is 0 Å². The maximum atomic E-state index is 9.47. The average Bonchev–Trinajstić information content (AvgIpc) is 1.86. The second-order valence-electron chi connectivity index (χ2n) is 3.14. The Hall–Kier alpha value is -0.820. The SMILES string of the molecule is [CH2]C(C)(O)c1ccc(C)cc1. The minimum absolute atomic E-state index is 0.850. The van der Waals surface area contributed by atoms with Gasteiger partial charge in [-0.3, -0.25) is 0 Å². The van der Waals surface area contributed by atoms with Gasteiger partial charge in [0.1, 0.15) is 0 Å². The minimum atomic E-state index is -0.965. The maximum absolute atomic E-state index is 9.47. The molecule has 1 unspecified atom stereocenters. The third kappa shape index (κ3) is 2.05. The first-order chi connectivity index (χ1) is 5.00. The van der Waals surface area contributed by atoms with Crippen LogP contribution in [-0.2, 0) is 5.60 Å². The minimum Gasteiger partial charge on any atom is -0.385 e. The van der Waals surface area contributed by atoms with Gasteiger partial charge in [0, 0.05) is 0 Å². The molecule has 11 heavy (non-hydrogen) atoms. The van der Waals surface area contributed by atoms with E-state index in [2.05, 4.69) is 6.92 Å². The molecule has 59 valence electrons. The summed E-state index contributed by atoms with van der Waals surface area (Å²) >= 11 is 0. The molecule has 1 heteroatoms. The van der Waals surface area contributed by atoms with Crippen molar-refractivity contribution >= 4 is 0 Å². The smallest absolute Gasteiger partial charge is 0.0869 e. The van der Waals surface area contributed by atoms with Crippen molar-refractivity contribution in [3.05, 3.63) is 42.3 Å². The predicted octanol–water partition coefficient (Wildman–Crippen LogP) is 2.04. The van der Waals surface area contributed by atoms with Crippen molar-refractivity contribution in [3.63, 3.8) is 0 Å². The van der Waals surface area contributed by atoms with Crippen LogP contribution in [-0.4, -0.2) is 5.11 Å². The van der Waals surface area contributed by atoms with Gasteiger partial charge in [-0.2, -0.15) is 0 Å². The molecule has 0 spiro atoms. The normalized spacial score (nSPS) is 11.6. The molecular weight excluding hydrogens is 136 g/mol. The van der Waals surface area contributed by atoms with Crippen molar-refractivity contribution in [2.45, 2.75) is 19.4 Å². The fourth-order valence-corrected chi connectivity index (χ4v) is 0.913. The lowest BCUT2D eigenvalue weighted by atomic mass is 9.98. The van der Waals surface area contributed by atoms with Crippen molar-refractivity contribution < 1.29 is 5.11 Å². The summed E-state index contributed by atoms with van der Waals surface area (Å²) in [6.45, 7) is 7.32. The third-order valence-corrected chi connectivity index (χ3v) is 1.67. The highest BCUT2D eigenvalue weighted by Gasteiger charge is 2.14. The van der Waals surface area contributed by atoms with Gasteiger partial charge in [0.05, 0.1) is 5.60 Å². The molecule has 1 rings (SSSR count). The van der Waals surface area contributed by atoms with E-state index in [9.17, 15) is 5.11 Å². The second-order valence-corrected chi connectivity index (χ2v) is 3.14. The number of rotatable bonds is 1. The predicted molar refractivity (Wildman–Crippen MR) is 46.1 cm³/mol. The van der Waals surface area contributed by atoms with Gasteiger partial charge in [-0.15, -0.1) is 0 Å². The first kappa shape index (κ1) is 8.28. The Morgan fingerprint density at radius 3 is 2.09 bits per heavy atom. The van der Waals surface area contributed by atoms with Crippen molar-refractivity contribution in [2.24, 2.45) is 0 Å². The van der Waals surface area contributed by atoms with Gasteiger partial charge >= 0.3 is 0 Å². The van der Waals surface area contributed by atoms with Gasteiger partial charge in [0.25, 0.3) is 0 Å². The summed E-state index contributed by atoms with van der Waals surface area (Å²) in [7, 11) is 0. The van der Waals surface area contributed by atoms with Crippen molar-refractivity contribution in [1.82, 2.24) is 0 Å². The van der Waals surface area contributed by atoms with E-state index in [-0.39, 0.29) is 0 Å². The van der Waals surface area contributed by atoms with Crippen molar-refractivity contribution in [1.29, 1.82) is 0 Å². The molecule has 1 nitrogen and oxygen atoms in total. The van der Waals surface area contributed by atoms with Crippen LogP contribution in [0.4, 0.5) is 0 Å². The van der Waals surface area contributed by atoms with Gasteiger partial charge in [-0.1, -0.05) is 29.8 Å². The van der Waals surface area contributed by atoms with Crippen LogP contribution in [0.15, 0.2) is 24.3 Å². The Bertz CT molecular complexity index is 228. The molecule has 0 bridgehead atoms. The number of aliphatic hydroxyl groups is 1. The monoisotopic (exact) mass is 149 g/mol. The summed E-state index contributed by atoms with van der Waals surface area (Å²) in [4.78, 5) is 0. The van der Waals surface area contributed by atoms with Crippen LogP contribution in [0, 0.1) is 13.8 Å². The Kier molecular flexibility index (Phi) is 2.01. The van der Waals surface area contributed by atoms with Gasteiger partial charge in [-0.25, -0.2) is 0 Å². The molecule has 0 amide bonds. The summed E-state index contributed by atoms with van der Waals surface area (Å²) in [6, 6.07) is 7.72. The molecule has 0 aliphatic carbocycles. The van der Waals surface area contributed by atoms with E-state index in [0.717, 1.165) is 5.56 Å². The lowest BCUT2D eigenvalue weighted by Crippen LogP contribution is -2.15. The summed E-state index contributed by atoms with van der Waals surface area (Å²) in [5.74, 6) is 0. The van der Waals surface area contributed by atoms with E-state index < -0.39 is 5.60 Å². The van der Waals surface area contributed by atoms with E-state index in [1.54, 1.807) is 6.92 Å². The van der Waals surface area contributed by atoms with Crippen LogP contribution in [0.1, 0.15) is 18.1 Å². The summed E-state index contributed by atoms with van der Waals surface area (Å²) in [5, 5.41) is 9.47. The molecule has 1 aromatic carbocycles. The molecule has 0 saturated carbocycles. The molecule has 1 N–H and O–H groups in total. The Morgan fingerprint density at radius 1 is 1.27 bits per heavy atom. The summed E-state index contributed by atoms with van der Waals surface area (Å²) in [5.41, 5.74) is 1.08. The number of benzene rings is 1. The quantitative estimate of drug-likeness (QED) is 0.647. The summed E-state index contributed by atoms with van der Waals surface area (Å²) < 4.78 is 0. The van der Waals surface area contributed by atoms with E-state index in [0.29, 0.717) is 0 Å². The zero-order valence-corrected chi connectivity index (χ0v) is 6.96. The van der Waals surface area contributed by atoms with E-state index in [1.165, 1.54) is 5.56 Å². The summed E-state index contributed by atoms with van der Waals surface area (Å²) in [6.07, 6.45) is 0. The molecule has 0 fully saturated rings. The van der Waals surface area contributed by atoms with Gasteiger partial charge in [0.2, 0.25) is 0 Å². The highest BCUT2D eigenvalue weighted by molar-refractivity contribution is 5.26. The van der Waals surface area contributed by atoms with Gasteiger partial charge < -0.3 is 5.11 Å². The molecule has 1 radical (unpaired) electrons. The molecule has 0 aliphatic rings. The van der Waals surface area contributed by atoms with Crippen LogP contribution in [0.25, 0.3) is 0 Å². The lowest BCUT2D eigenvalue weighted by molar-refractivity contribution is 0.108. The largest absolute Gasteiger partial charge is 0.385 e. The Balaban J connectivity index is 2.99. The van der Waals surface area contributed by atoms with Crippen LogP contribution in [0.3, 0.4) is 0 Å². The maximum Gasteiger partial charge on any atom is 0.0869 e. The molecule has 0 saturated heterocycles. The molecule has 1 aromatic rings. The first-order valence-electron chi connectivity index (χ1n) is 3.65. The fourth-order valence-electron chi connectivity index (χ4n) is 0.913. The van der Waals surface area contributed by atoms with Crippen LogP contribution >= 0.6 is 0 Å². The standard InChI is InChI=1S/C10H13O/c1-8-4-6-9(7-5-8)10(2,3)11/h4-7,11H,2H2,1,3H3. The zero-order chi connectivity index (χ0) is 8.48. The van der Waals surface area contributed by atoms with Gasteiger partial charge in [0.15, 0.2) is 0 Å². The van der Waals surface area contributed by atoms with E-state index >= 15 is 0 Å². The molecular formula is C10H13O. The molecule has 1 atom stereocenters. The van der Waals surface area contributed by atoms with Crippen LogP contribution in [0.5, 0.6) is 0 Å². The molecule has 0 aliphatic heterocycles. The lowest BCUT2D eigenvalue weighted by Gasteiger charge is -2.17.